The number of allylic oxidation sites excluding steroid dienone is 4. The fourth-order valence-electron chi connectivity index (χ4n) is 3.37. The molecular weight excluding hydrogens is 430 g/mol. The molecule has 142 valence electrons. The summed E-state index contributed by atoms with van der Waals surface area (Å²) in [5.41, 5.74) is 8.12. The van der Waals surface area contributed by atoms with Crippen LogP contribution < -0.4 is 37.2 Å². The Morgan fingerprint density at radius 1 is 0.815 bits per heavy atom. The van der Waals surface area contributed by atoms with Gasteiger partial charge in [-0.2, -0.15) is 5.57 Å². The van der Waals surface area contributed by atoms with Gasteiger partial charge in [0.25, 0.3) is 0 Å². The van der Waals surface area contributed by atoms with Gasteiger partial charge < -0.3 is 37.2 Å². The van der Waals surface area contributed by atoms with Crippen molar-refractivity contribution < 1.29 is 58.9 Å². The molecule has 0 spiro atoms. The molecule has 0 unspecified atom stereocenters. The van der Waals surface area contributed by atoms with Crippen LogP contribution in [-0.2, 0) is 21.7 Å². The van der Waals surface area contributed by atoms with Gasteiger partial charge in [-0.25, -0.2) is 17.7 Å². The maximum absolute atomic E-state index is 3.70. The summed E-state index contributed by atoms with van der Waals surface area (Å²) < 4.78 is 0. The summed E-state index contributed by atoms with van der Waals surface area (Å²) in [5.74, 6) is 0.852. The van der Waals surface area contributed by atoms with Crippen molar-refractivity contribution in [3.05, 3.63) is 94.1 Å². The second kappa shape index (κ2) is 12.9. The summed E-state index contributed by atoms with van der Waals surface area (Å²) >= 11 is 0. The van der Waals surface area contributed by atoms with Gasteiger partial charge in [-0.05, 0) is 25.0 Å². The minimum absolute atomic E-state index is 0. The van der Waals surface area contributed by atoms with Crippen LogP contribution in [0, 0.1) is 25.8 Å². The standard InChI is InChI=1S/C23H25.3ClH.Ti/c1-16(2)19-11-12-22(15-19)23(20-9-5-7-17(3)13-20)21-10-6-8-18(4)14-21;;;;/h5-11,13-14,16,23H,12H2,1-4H3;3*1H;/q-1;;;;+4/p-3. The summed E-state index contributed by atoms with van der Waals surface area (Å²) in [6.07, 6.45) is 7.06. The van der Waals surface area contributed by atoms with Gasteiger partial charge in [0.05, 0.1) is 0 Å². The molecule has 0 aliphatic heterocycles. The fourth-order valence-corrected chi connectivity index (χ4v) is 3.37. The van der Waals surface area contributed by atoms with Crippen LogP contribution in [0.15, 0.2) is 65.8 Å². The van der Waals surface area contributed by atoms with E-state index in [2.05, 4.69) is 88.4 Å². The molecule has 2 aromatic rings. The monoisotopic (exact) mass is 454 g/mol. The molecule has 2 aromatic carbocycles. The molecule has 1 aliphatic carbocycles. The molecule has 0 radical (unpaired) electrons. The van der Waals surface area contributed by atoms with Crippen LogP contribution >= 0.6 is 0 Å². The van der Waals surface area contributed by atoms with Crippen LogP contribution in [-0.4, -0.2) is 0 Å². The van der Waals surface area contributed by atoms with E-state index in [1.54, 1.807) is 0 Å². The van der Waals surface area contributed by atoms with Crippen molar-refractivity contribution in [1.82, 2.24) is 0 Å². The SMILES string of the molecule is Cc1cccc(C(C2=[C-]C(C(C)C)=CC2)c2cccc(C)c2)c1.[Cl-].[Cl-].[Cl-].[Ti+4]. The van der Waals surface area contributed by atoms with E-state index in [4.69, 9.17) is 0 Å². The summed E-state index contributed by atoms with van der Waals surface area (Å²) in [7, 11) is 0. The van der Waals surface area contributed by atoms with Crippen molar-refractivity contribution in [3.8, 4) is 0 Å². The van der Waals surface area contributed by atoms with Crippen molar-refractivity contribution in [3.63, 3.8) is 0 Å². The average Bonchev–Trinajstić information content (AvgIpc) is 2.97. The molecule has 0 saturated carbocycles. The Morgan fingerprint density at radius 2 is 1.30 bits per heavy atom. The van der Waals surface area contributed by atoms with Gasteiger partial charge in [0.2, 0.25) is 0 Å². The zero-order valence-electron chi connectivity index (χ0n) is 16.2. The number of aryl methyl sites for hydroxylation is 2. The first-order valence-electron chi connectivity index (χ1n) is 8.50. The van der Waals surface area contributed by atoms with E-state index in [1.165, 1.54) is 33.4 Å². The van der Waals surface area contributed by atoms with Gasteiger partial charge in [0, 0.05) is 5.92 Å². The molecular formula is C23H25Cl3Ti. The van der Waals surface area contributed by atoms with Crippen LogP contribution in [0.25, 0.3) is 0 Å². The first kappa shape index (κ1) is 28.7. The maximum Gasteiger partial charge on any atom is 4.00 e. The second-order valence-electron chi connectivity index (χ2n) is 6.93. The predicted octanol–water partition coefficient (Wildman–Crippen LogP) is -2.84. The molecule has 1 aliphatic rings. The van der Waals surface area contributed by atoms with Crippen LogP contribution in [0.4, 0.5) is 0 Å². The van der Waals surface area contributed by atoms with Gasteiger partial charge in [0.1, 0.15) is 0 Å². The average molecular weight is 456 g/mol. The molecule has 27 heavy (non-hydrogen) atoms. The molecule has 4 heteroatoms. The third kappa shape index (κ3) is 7.11. The Kier molecular flexibility index (Phi) is 13.7. The third-order valence-electron chi connectivity index (χ3n) is 4.57. The number of rotatable bonds is 4. The molecule has 0 bridgehead atoms. The first-order chi connectivity index (χ1) is 11.0. The third-order valence-corrected chi connectivity index (χ3v) is 4.57. The smallest absolute Gasteiger partial charge is 1.00 e. The van der Waals surface area contributed by atoms with Crippen molar-refractivity contribution >= 4 is 0 Å². The van der Waals surface area contributed by atoms with E-state index in [0.717, 1.165) is 6.42 Å². The zero-order chi connectivity index (χ0) is 16.4. The van der Waals surface area contributed by atoms with Crippen LogP contribution in [0.2, 0.25) is 0 Å². The van der Waals surface area contributed by atoms with Gasteiger partial charge in [-0.3, -0.25) is 0 Å². The van der Waals surface area contributed by atoms with Crippen molar-refractivity contribution in [2.45, 2.75) is 40.0 Å². The number of halogens is 3. The van der Waals surface area contributed by atoms with E-state index in [9.17, 15) is 0 Å². The Morgan fingerprint density at radius 3 is 1.67 bits per heavy atom. The summed E-state index contributed by atoms with van der Waals surface area (Å²) in [6, 6.07) is 17.8. The van der Waals surface area contributed by atoms with Gasteiger partial charge in [-0.1, -0.05) is 85.8 Å². The molecule has 0 nitrogen and oxygen atoms in total. The summed E-state index contributed by atoms with van der Waals surface area (Å²) in [5, 5.41) is 0. The predicted molar refractivity (Wildman–Crippen MR) is 98.5 cm³/mol. The molecule has 0 amide bonds. The largest absolute Gasteiger partial charge is 4.00 e. The van der Waals surface area contributed by atoms with Gasteiger partial charge in [0.15, 0.2) is 0 Å². The molecule has 0 N–H and O–H groups in total. The Hall–Kier alpha value is -0.496. The molecule has 3 rings (SSSR count). The molecule has 0 fully saturated rings. The minimum Gasteiger partial charge on any atom is -1.00 e. The Balaban J connectivity index is 0. The Bertz CT molecular complexity index is 733. The number of hydrogen-bond acceptors (Lipinski definition) is 0. The van der Waals surface area contributed by atoms with E-state index in [-0.39, 0.29) is 58.9 Å². The van der Waals surface area contributed by atoms with Crippen LogP contribution in [0.5, 0.6) is 0 Å². The maximum atomic E-state index is 3.70. The molecule has 0 atom stereocenters. The molecule has 0 heterocycles. The van der Waals surface area contributed by atoms with Crippen molar-refractivity contribution in [1.29, 1.82) is 0 Å². The van der Waals surface area contributed by atoms with E-state index in [0.29, 0.717) is 11.8 Å². The van der Waals surface area contributed by atoms with E-state index >= 15 is 0 Å². The number of benzene rings is 2. The summed E-state index contributed by atoms with van der Waals surface area (Å²) in [4.78, 5) is 0. The molecule has 0 saturated heterocycles. The van der Waals surface area contributed by atoms with E-state index < -0.39 is 0 Å². The van der Waals surface area contributed by atoms with Crippen LogP contribution in [0.1, 0.15) is 48.4 Å². The fraction of sp³-hybridized carbons (Fsp3) is 0.304. The van der Waals surface area contributed by atoms with Crippen LogP contribution in [0.3, 0.4) is 0 Å². The summed E-state index contributed by atoms with van der Waals surface area (Å²) in [6.45, 7) is 8.83. The van der Waals surface area contributed by atoms with E-state index in [1.807, 2.05) is 0 Å². The number of hydrogen-bond donors (Lipinski definition) is 0. The molecule has 0 aromatic heterocycles. The van der Waals surface area contributed by atoms with Gasteiger partial charge in [-0.15, -0.1) is 0 Å². The van der Waals surface area contributed by atoms with Crippen molar-refractivity contribution in [2.75, 3.05) is 0 Å². The Labute approximate surface area is 198 Å². The minimum atomic E-state index is 0. The van der Waals surface area contributed by atoms with Gasteiger partial charge >= 0.3 is 21.7 Å². The quantitative estimate of drug-likeness (QED) is 0.344. The topological polar surface area (TPSA) is 0 Å². The zero-order valence-corrected chi connectivity index (χ0v) is 20.0. The normalized spacial score (nSPS) is 12.2. The first-order valence-corrected chi connectivity index (χ1v) is 8.50. The van der Waals surface area contributed by atoms with Crippen molar-refractivity contribution in [2.24, 2.45) is 5.92 Å². The second-order valence-corrected chi connectivity index (χ2v) is 6.93.